The molecule has 19 heavy (non-hydrogen) atoms. The topological polar surface area (TPSA) is 0 Å². The average Bonchev–Trinajstić information content (AvgIpc) is 2.48. The summed E-state index contributed by atoms with van der Waals surface area (Å²) in [6.07, 6.45) is 5.14. The first kappa shape index (κ1) is 13.9. The molecule has 1 atom stereocenters. The van der Waals surface area contributed by atoms with Crippen molar-refractivity contribution >= 4 is 0 Å². The lowest BCUT2D eigenvalue weighted by Gasteiger charge is -2.14. The van der Waals surface area contributed by atoms with Gasteiger partial charge in [0.05, 0.1) is 0 Å². The number of rotatable bonds is 6. The van der Waals surface area contributed by atoms with Crippen molar-refractivity contribution in [1.29, 1.82) is 0 Å². The summed E-state index contributed by atoms with van der Waals surface area (Å²) < 4.78 is 0. The third-order valence-corrected chi connectivity index (χ3v) is 3.86. The Morgan fingerprint density at radius 3 is 2.00 bits per heavy atom. The van der Waals surface area contributed by atoms with Crippen molar-refractivity contribution in [2.24, 2.45) is 5.92 Å². The molecular formula is C19H24. The predicted molar refractivity (Wildman–Crippen MR) is 84.3 cm³/mol. The fourth-order valence-electron chi connectivity index (χ4n) is 2.66. The first-order valence-electron chi connectivity index (χ1n) is 7.47. The summed E-state index contributed by atoms with van der Waals surface area (Å²) in [5.74, 6) is 0.840. The van der Waals surface area contributed by atoms with E-state index in [2.05, 4.69) is 68.4 Å². The Labute approximate surface area is 117 Å². The molecule has 0 nitrogen and oxygen atoms in total. The van der Waals surface area contributed by atoms with Crippen molar-refractivity contribution in [1.82, 2.24) is 0 Å². The minimum absolute atomic E-state index is 0.840. The van der Waals surface area contributed by atoms with Crippen LogP contribution in [0.2, 0.25) is 0 Å². The largest absolute Gasteiger partial charge is 0.0654 e. The van der Waals surface area contributed by atoms with Gasteiger partial charge in [0, 0.05) is 0 Å². The van der Waals surface area contributed by atoms with Crippen LogP contribution in [0.4, 0.5) is 0 Å². The molecule has 0 bridgehead atoms. The van der Waals surface area contributed by atoms with Gasteiger partial charge in [-0.1, -0.05) is 87.7 Å². The standard InChI is InChI=1S/C19H24/c1-3-8-16(4-2)15-17-11-13-19(14-12-17)18-9-6-5-7-10-18/h5-7,9-14,16H,3-4,8,15H2,1-2H3. The minimum Gasteiger partial charge on any atom is -0.0654 e. The van der Waals surface area contributed by atoms with Gasteiger partial charge in [0.15, 0.2) is 0 Å². The molecule has 0 amide bonds. The highest BCUT2D eigenvalue weighted by molar-refractivity contribution is 5.63. The molecule has 2 aromatic carbocycles. The third kappa shape index (κ3) is 3.96. The fourth-order valence-corrected chi connectivity index (χ4v) is 2.66. The van der Waals surface area contributed by atoms with Gasteiger partial charge in [-0.15, -0.1) is 0 Å². The van der Waals surface area contributed by atoms with Gasteiger partial charge < -0.3 is 0 Å². The molecule has 0 aliphatic carbocycles. The van der Waals surface area contributed by atoms with Crippen LogP contribution < -0.4 is 0 Å². The average molecular weight is 252 g/mol. The Kier molecular flexibility index (Phi) is 5.20. The first-order valence-corrected chi connectivity index (χ1v) is 7.47. The van der Waals surface area contributed by atoms with Crippen LogP contribution in [-0.4, -0.2) is 0 Å². The van der Waals surface area contributed by atoms with E-state index in [0.29, 0.717) is 0 Å². The Bertz CT molecular complexity index is 467. The molecule has 0 spiro atoms. The van der Waals surface area contributed by atoms with E-state index in [0.717, 1.165) is 5.92 Å². The zero-order valence-corrected chi connectivity index (χ0v) is 12.1. The molecule has 1 unspecified atom stereocenters. The first-order chi connectivity index (χ1) is 9.33. The van der Waals surface area contributed by atoms with Gasteiger partial charge >= 0.3 is 0 Å². The summed E-state index contributed by atoms with van der Waals surface area (Å²) in [4.78, 5) is 0. The van der Waals surface area contributed by atoms with E-state index < -0.39 is 0 Å². The number of hydrogen-bond acceptors (Lipinski definition) is 0. The maximum absolute atomic E-state index is 2.30. The lowest BCUT2D eigenvalue weighted by atomic mass is 9.92. The van der Waals surface area contributed by atoms with E-state index in [4.69, 9.17) is 0 Å². The van der Waals surface area contributed by atoms with Crippen LogP contribution in [0.1, 0.15) is 38.7 Å². The molecule has 2 aromatic rings. The molecule has 0 aliphatic rings. The molecule has 0 aromatic heterocycles. The Morgan fingerprint density at radius 1 is 0.789 bits per heavy atom. The summed E-state index contributed by atoms with van der Waals surface area (Å²) in [6, 6.07) is 19.7. The van der Waals surface area contributed by atoms with Crippen LogP contribution in [0.3, 0.4) is 0 Å². The predicted octanol–water partition coefficient (Wildman–Crippen LogP) is 5.72. The highest BCUT2D eigenvalue weighted by Gasteiger charge is 2.06. The summed E-state index contributed by atoms with van der Waals surface area (Å²) in [5, 5.41) is 0. The molecule has 0 aliphatic heterocycles. The highest BCUT2D eigenvalue weighted by atomic mass is 14.1. The van der Waals surface area contributed by atoms with Crippen LogP contribution in [-0.2, 0) is 6.42 Å². The monoisotopic (exact) mass is 252 g/mol. The molecule has 0 saturated carbocycles. The molecule has 0 N–H and O–H groups in total. The van der Waals surface area contributed by atoms with Crippen molar-refractivity contribution in [2.75, 3.05) is 0 Å². The summed E-state index contributed by atoms with van der Waals surface area (Å²) in [5.41, 5.74) is 4.09. The number of benzene rings is 2. The van der Waals surface area contributed by atoms with Crippen molar-refractivity contribution in [2.45, 2.75) is 39.5 Å². The second-order valence-corrected chi connectivity index (χ2v) is 5.33. The van der Waals surface area contributed by atoms with E-state index in [9.17, 15) is 0 Å². The molecule has 100 valence electrons. The number of hydrogen-bond donors (Lipinski definition) is 0. The lowest BCUT2D eigenvalue weighted by molar-refractivity contribution is 0.462. The van der Waals surface area contributed by atoms with Crippen LogP contribution in [0, 0.1) is 5.92 Å². The summed E-state index contributed by atoms with van der Waals surface area (Å²) in [6.45, 7) is 4.58. The van der Waals surface area contributed by atoms with Crippen molar-refractivity contribution in [3.05, 3.63) is 60.2 Å². The molecule has 0 saturated heterocycles. The van der Waals surface area contributed by atoms with Gasteiger partial charge in [0.1, 0.15) is 0 Å². The lowest BCUT2D eigenvalue weighted by Crippen LogP contribution is -2.02. The van der Waals surface area contributed by atoms with Crippen molar-refractivity contribution in [3.8, 4) is 11.1 Å². The van der Waals surface area contributed by atoms with E-state index in [1.807, 2.05) is 0 Å². The normalized spacial score (nSPS) is 12.3. The Hall–Kier alpha value is -1.56. The van der Waals surface area contributed by atoms with Gasteiger partial charge in [-0.25, -0.2) is 0 Å². The Balaban J connectivity index is 2.06. The molecule has 0 heterocycles. The molecule has 2 rings (SSSR count). The van der Waals surface area contributed by atoms with E-state index in [-0.39, 0.29) is 0 Å². The van der Waals surface area contributed by atoms with E-state index >= 15 is 0 Å². The molecule has 0 fully saturated rings. The minimum atomic E-state index is 0.840. The van der Waals surface area contributed by atoms with Gasteiger partial charge in [-0.05, 0) is 29.0 Å². The van der Waals surface area contributed by atoms with Crippen molar-refractivity contribution < 1.29 is 0 Å². The quantitative estimate of drug-likeness (QED) is 0.616. The summed E-state index contributed by atoms with van der Waals surface area (Å²) in [7, 11) is 0. The van der Waals surface area contributed by atoms with Crippen LogP contribution in [0.25, 0.3) is 11.1 Å². The maximum atomic E-state index is 2.30. The van der Waals surface area contributed by atoms with E-state index in [1.165, 1.54) is 42.4 Å². The molecular weight excluding hydrogens is 228 g/mol. The smallest absolute Gasteiger partial charge is 0.0184 e. The molecule has 0 radical (unpaired) electrons. The zero-order valence-electron chi connectivity index (χ0n) is 12.1. The third-order valence-electron chi connectivity index (χ3n) is 3.86. The van der Waals surface area contributed by atoms with Crippen LogP contribution >= 0.6 is 0 Å². The maximum Gasteiger partial charge on any atom is -0.0184 e. The summed E-state index contributed by atoms with van der Waals surface area (Å²) >= 11 is 0. The van der Waals surface area contributed by atoms with Gasteiger partial charge in [0.25, 0.3) is 0 Å². The van der Waals surface area contributed by atoms with Crippen LogP contribution in [0.5, 0.6) is 0 Å². The second-order valence-electron chi connectivity index (χ2n) is 5.33. The van der Waals surface area contributed by atoms with Gasteiger partial charge in [0.2, 0.25) is 0 Å². The molecule has 0 heteroatoms. The SMILES string of the molecule is CCCC(CC)Cc1ccc(-c2ccccc2)cc1. The van der Waals surface area contributed by atoms with E-state index in [1.54, 1.807) is 0 Å². The highest BCUT2D eigenvalue weighted by Crippen LogP contribution is 2.22. The van der Waals surface area contributed by atoms with Crippen LogP contribution in [0.15, 0.2) is 54.6 Å². The second kappa shape index (κ2) is 7.13. The van der Waals surface area contributed by atoms with Gasteiger partial charge in [-0.2, -0.15) is 0 Å². The van der Waals surface area contributed by atoms with Crippen molar-refractivity contribution in [3.63, 3.8) is 0 Å². The fraction of sp³-hybridized carbons (Fsp3) is 0.368. The zero-order chi connectivity index (χ0) is 13.5. The van der Waals surface area contributed by atoms with Gasteiger partial charge in [-0.3, -0.25) is 0 Å². The Morgan fingerprint density at radius 2 is 1.42 bits per heavy atom.